The second-order valence-corrected chi connectivity index (χ2v) is 7.60. The fraction of sp³-hybridized carbons (Fsp3) is 0.200. The quantitative estimate of drug-likeness (QED) is 0.639. The molecule has 3 rings (SSSR count). The van der Waals surface area contributed by atoms with Crippen molar-refractivity contribution < 1.29 is 9.84 Å². The van der Waals surface area contributed by atoms with Crippen molar-refractivity contribution in [1.82, 2.24) is 0 Å². The van der Waals surface area contributed by atoms with Crippen LogP contribution in [-0.2, 0) is 5.32 Å². The molecule has 1 N–H and O–H groups in total. The Morgan fingerprint density at radius 2 is 1.61 bits per heavy atom. The molecule has 0 heterocycles. The summed E-state index contributed by atoms with van der Waals surface area (Å²) in [6.45, 7) is 0.352. The Balaban J connectivity index is 1.49. The SMILES string of the molecule is OC(COc1cccc2ccccc12)C[Se]Cc1ccccc1. The first-order valence-electron chi connectivity index (χ1n) is 7.73. The van der Waals surface area contributed by atoms with Gasteiger partial charge in [-0.15, -0.1) is 0 Å². The summed E-state index contributed by atoms with van der Waals surface area (Å²) < 4.78 is 5.84. The number of fused-ring (bicyclic) bond motifs is 1. The van der Waals surface area contributed by atoms with E-state index in [2.05, 4.69) is 42.5 Å². The molecule has 0 saturated carbocycles. The molecule has 3 heteroatoms. The normalized spacial score (nSPS) is 12.2. The van der Waals surface area contributed by atoms with E-state index in [-0.39, 0.29) is 0 Å². The number of ether oxygens (including phenoxy) is 1. The molecular weight excluding hydrogens is 351 g/mol. The van der Waals surface area contributed by atoms with E-state index in [1.165, 1.54) is 5.56 Å². The topological polar surface area (TPSA) is 29.5 Å². The monoisotopic (exact) mass is 372 g/mol. The van der Waals surface area contributed by atoms with Crippen LogP contribution in [0.15, 0.2) is 72.8 Å². The molecule has 3 aromatic carbocycles. The Labute approximate surface area is 143 Å². The molecule has 1 atom stereocenters. The zero-order chi connectivity index (χ0) is 15.9. The van der Waals surface area contributed by atoms with Crippen molar-refractivity contribution in [2.24, 2.45) is 0 Å². The van der Waals surface area contributed by atoms with Crippen LogP contribution >= 0.6 is 0 Å². The molecule has 0 aliphatic carbocycles. The molecule has 0 bridgehead atoms. The van der Waals surface area contributed by atoms with Crippen LogP contribution in [0.3, 0.4) is 0 Å². The zero-order valence-electron chi connectivity index (χ0n) is 12.9. The van der Waals surface area contributed by atoms with E-state index in [0.29, 0.717) is 21.6 Å². The van der Waals surface area contributed by atoms with E-state index in [9.17, 15) is 5.11 Å². The molecule has 0 radical (unpaired) electrons. The predicted octanol–water partition coefficient (Wildman–Crippen LogP) is 3.90. The third-order valence-corrected chi connectivity index (χ3v) is 6.03. The van der Waals surface area contributed by atoms with Gasteiger partial charge >= 0.3 is 143 Å². The van der Waals surface area contributed by atoms with E-state index >= 15 is 0 Å². The van der Waals surface area contributed by atoms with Crippen LogP contribution in [-0.4, -0.2) is 32.8 Å². The minimum atomic E-state index is -0.405. The Morgan fingerprint density at radius 3 is 2.48 bits per heavy atom. The number of aliphatic hydroxyl groups is 1. The Kier molecular flexibility index (Phi) is 5.70. The summed E-state index contributed by atoms with van der Waals surface area (Å²) in [5.41, 5.74) is 1.34. The minimum absolute atomic E-state index is 0.352. The van der Waals surface area contributed by atoms with Crippen molar-refractivity contribution in [3.8, 4) is 5.75 Å². The van der Waals surface area contributed by atoms with Crippen LogP contribution in [0.4, 0.5) is 0 Å². The summed E-state index contributed by atoms with van der Waals surface area (Å²) in [5.74, 6) is 0.845. The van der Waals surface area contributed by atoms with Crippen molar-refractivity contribution in [2.75, 3.05) is 6.61 Å². The molecule has 0 aliphatic rings. The van der Waals surface area contributed by atoms with Gasteiger partial charge in [-0.05, 0) is 0 Å². The molecule has 0 amide bonds. The predicted molar refractivity (Wildman–Crippen MR) is 96.2 cm³/mol. The summed E-state index contributed by atoms with van der Waals surface area (Å²) in [7, 11) is 0. The van der Waals surface area contributed by atoms with Crippen LogP contribution in [0.25, 0.3) is 10.8 Å². The van der Waals surface area contributed by atoms with Gasteiger partial charge in [-0.25, -0.2) is 0 Å². The summed E-state index contributed by atoms with van der Waals surface area (Å²) in [6.07, 6.45) is -0.405. The maximum absolute atomic E-state index is 10.2. The van der Waals surface area contributed by atoms with E-state index in [4.69, 9.17) is 4.74 Å². The number of aliphatic hydroxyl groups excluding tert-OH is 1. The van der Waals surface area contributed by atoms with Gasteiger partial charge < -0.3 is 0 Å². The average molecular weight is 371 g/mol. The molecule has 1 unspecified atom stereocenters. The van der Waals surface area contributed by atoms with Gasteiger partial charge in [0.2, 0.25) is 0 Å². The summed E-state index contributed by atoms with van der Waals surface area (Å²) in [4.78, 5) is 0. The molecule has 0 aliphatic heterocycles. The van der Waals surface area contributed by atoms with Gasteiger partial charge in [0.05, 0.1) is 0 Å². The molecular formula is C20H20O2Se. The van der Waals surface area contributed by atoms with E-state index < -0.39 is 6.10 Å². The number of rotatable bonds is 7. The zero-order valence-corrected chi connectivity index (χ0v) is 14.6. The van der Waals surface area contributed by atoms with Gasteiger partial charge in [-0.3, -0.25) is 0 Å². The molecule has 0 spiro atoms. The van der Waals surface area contributed by atoms with Gasteiger partial charge in [-0.2, -0.15) is 0 Å². The second kappa shape index (κ2) is 8.16. The number of hydrogen-bond acceptors (Lipinski definition) is 2. The molecule has 23 heavy (non-hydrogen) atoms. The van der Waals surface area contributed by atoms with Crippen LogP contribution in [0.1, 0.15) is 5.56 Å². The van der Waals surface area contributed by atoms with Gasteiger partial charge in [-0.1, -0.05) is 0 Å². The Morgan fingerprint density at radius 1 is 0.870 bits per heavy atom. The van der Waals surface area contributed by atoms with Gasteiger partial charge in [0, 0.05) is 0 Å². The number of benzene rings is 3. The van der Waals surface area contributed by atoms with Crippen LogP contribution < -0.4 is 4.74 Å². The molecule has 0 saturated heterocycles. The van der Waals surface area contributed by atoms with Crippen molar-refractivity contribution in [3.05, 3.63) is 78.4 Å². The third kappa shape index (κ3) is 4.59. The van der Waals surface area contributed by atoms with Crippen molar-refractivity contribution in [2.45, 2.75) is 16.7 Å². The molecule has 2 nitrogen and oxygen atoms in total. The third-order valence-electron chi connectivity index (χ3n) is 3.60. The fourth-order valence-electron chi connectivity index (χ4n) is 2.44. The summed E-state index contributed by atoms with van der Waals surface area (Å²) in [6, 6.07) is 24.6. The fourth-order valence-corrected chi connectivity index (χ4v) is 4.36. The van der Waals surface area contributed by atoms with Crippen LogP contribution in [0.5, 0.6) is 5.75 Å². The van der Waals surface area contributed by atoms with Crippen molar-refractivity contribution in [1.29, 1.82) is 0 Å². The van der Waals surface area contributed by atoms with Crippen molar-refractivity contribution in [3.63, 3.8) is 0 Å². The standard InChI is InChI=1S/C20H20O2Se/c21-18(15-23-14-16-7-2-1-3-8-16)13-22-20-12-6-10-17-9-4-5-11-19(17)20/h1-12,18,21H,13-15H2. The van der Waals surface area contributed by atoms with Gasteiger partial charge in [0.25, 0.3) is 0 Å². The van der Waals surface area contributed by atoms with Gasteiger partial charge in [0.1, 0.15) is 0 Å². The van der Waals surface area contributed by atoms with Crippen molar-refractivity contribution >= 4 is 25.7 Å². The molecule has 0 aromatic heterocycles. The van der Waals surface area contributed by atoms with Crippen LogP contribution in [0.2, 0.25) is 5.32 Å². The Hall–Kier alpha value is -1.80. The Bertz CT molecular complexity index is 737. The summed E-state index contributed by atoms with van der Waals surface area (Å²) in [5, 5.41) is 14.3. The van der Waals surface area contributed by atoms with Gasteiger partial charge in [0.15, 0.2) is 0 Å². The maximum atomic E-state index is 10.2. The molecule has 118 valence electrons. The molecule has 0 fully saturated rings. The second-order valence-electron chi connectivity index (χ2n) is 5.44. The average Bonchev–Trinajstić information content (AvgIpc) is 2.61. The van der Waals surface area contributed by atoms with Crippen LogP contribution in [0, 0.1) is 0 Å². The number of hydrogen-bond donors (Lipinski definition) is 1. The first-order chi connectivity index (χ1) is 11.3. The van der Waals surface area contributed by atoms with E-state index in [1.807, 2.05) is 30.3 Å². The first kappa shape index (κ1) is 16.1. The van der Waals surface area contributed by atoms with E-state index in [1.54, 1.807) is 0 Å². The molecule has 3 aromatic rings. The summed E-state index contributed by atoms with van der Waals surface area (Å²) >= 11 is 0.392. The van der Waals surface area contributed by atoms with E-state index in [0.717, 1.165) is 27.2 Å². The first-order valence-corrected chi connectivity index (χ1v) is 10.2.